The summed E-state index contributed by atoms with van der Waals surface area (Å²) in [6.45, 7) is 9.51. The first-order chi connectivity index (χ1) is 14.6. The lowest BCUT2D eigenvalue weighted by Gasteiger charge is -2.36. The van der Waals surface area contributed by atoms with Crippen LogP contribution in [0.2, 0.25) is 0 Å². The molecular weight excluding hydrogens is 410 g/mol. The Labute approximate surface area is 193 Å². The van der Waals surface area contributed by atoms with Gasteiger partial charge in [-0.15, -0.1) is 12.4 Å². The van der Waals surface area contributed by atoms with E-state index in [-0.39, 0.29) is 18.3 Å². The quantitative estimate of drug-likeness (QED) is 0.540. The third-order valence-electron chi connectivity index (χ3n) is 5.79. The number of hydrogen-bond acceptors (Lipinski definition) is 4. The lowest BCUT2D eigenvalue weighted by molar-refractivity contribution is -0.116. The highest BCUT2D eigenvalue weighted by Crippen LogP contribution is 2.28. The van der Waals surface area contributed by atoms with Crippen LogP contribution in [0.3, 0.4) is 0 Å². The number of carbonyl (C=O) groups excluding carboxylic acids is 1. The maximum atomic E-state index is 12.2. The lowest BCUT2D eigenvalue weighted by Crippen LogP contribution is -2.46. The molecule has 1 saturated heterocycles. The van der Waals surface area contributed by atoms with Gasteiger partial charge in [-0.3, -0.25) is 9.69 Å². The van der Waals surface area contributed by atoms with Gasteiger partial charge in [0.1, 0.15) is 5.75 Å². The summed E-state index contributed by atoms with van der Waals surface area (Å²) in [5.41, 5.74) is 3.36. The molecule has 0 atom stereocenters. The summed E-state index contributed by atoms with van der Waals surface area (Å²) in [6.07, 6.45) is 2.55. The molecule has 0 unspecified atom stereocenters. The molecule has 0 saturated carbocycles. The van der Waals surface area contributed by atoms with E-state index >= 15 is 0 Å². The van der Waals surface area contributed by atoms with Crippen molar-refractivity contribution in [3.63, 3.8) is 0 Å². The summed E-state index contributed by atoms with van der Waals surface area (Å²) in [5.74, 6) is 1.55. The van der Waals surface area contributed by atoms with Gasteiger partial charge in [0.2, 0.25) is 5.91 Å². The molecule has 0 aliphatic carbocycles. The van der Waals surface area contributed by atoms with Gasteiger partial charge in [-0.2, -0.15) is 0 Å². The number of rotatable bonds is 9. The van der Waals surface area contributed by atoms with E-state index in [0.29, 0.717) is 12.3 Å². The third-order valence-corrected chi connectivity index (χ3v) is 5.79. The molecule has 0 spiro atoms. The average molecular weight is 446 g/mol. The van der Waals surface area contributed by atoms with Gasteiger partial charge in [0.15, 0.2) is 0 Å². The van der Waals surface area contributed by atoms with E-state index in [1.54, 1.807) is 7.11 Å². The van der Waals surface area contributed by atoms with Gasteiger partial charge in [0.25, 0.3) is 0 Å². The molecule has 1 N–H and O–H groups in total. The van der Waals surface area contributed by atoms with E-state index in [1.807, 2.05) is 24.3 Å². The molecule has 2 aromatic carbocycles. The van der Waals surface area contributed by atoms with Crippen molar-refractivity contribution in [1.82, 2.24) is 4.90 Å². The second kappa shape index (κ2) is 12.6. The minimum atomic E-state index is 0. The maximum Gasteiger partial charge on any atom is 0.224 e. The van der Waals surface area contributed by atoms with Crippen LogP contribution in [0, 0.1) is 0 Å². The molecule has 5 nitrogen and oxygen atoms in total. The van der Waals surface area contributed by atoms with Gasteiger partial charge >= 0.3 is 0 Å². The van der Waals surface area contributed by atoms with Gasteiger partial charge < -0.3 is 15.0 Å². The van der Waals surface area contributed by atoms with Crippen LogP contribution in [0.25, 0.3) is 0 Å². The van der Waals surface area contributed by atoms with Crippen molar-refractivity contribution in [2.45, 2.75) is 39.0 Å². The molecule has 0 bridgehead atoms. The van der Waals surface area contributed by atoms with Crippen LogP contribution in [-0.2, 0) is 4.79 Å². The zero-order valence-electron chi connectivity index (χ0n) is 19.0. The highest BCUT2D eigenvalue weighted by atomic mass is 35.5. The van der Waals surface area contributed by atoms with Crippen LogP contribution in [-0.4, -0.2) is 50.6 Å². The fraction of sp³-hybridized carbons (Fsp3) is 0.480. The van der Waals surface area contributed by atoms with Crippen molar-refractivity contribution < 1.29 is 9.53 Å². The smallest absolute Gasteiger partial charge is 0.224 e. The zero-order chi connectivity index (χ0) is 21.3. The highest BCUT2D eigenvalue weighted by molar-refractivity contribution is 5.90. The Hall–Kier alpha value is -2.24. The topological polar surface area (TPSA) is 44.8 Å². The Morgan fingerprint density at radius 2 is 1.68 bits per heavy atom. The van der Waals surface area contributed by atoms with Crippen molar-refractivity contribution in [3.8, 4) is 5.75 Å². The number of ether oxygens (including phenoxy) is 1. The number of para-hydroxylation sites is 2. The number of amides is 1. The molecule has 2 aromatic rings. The van der Waals surface area contributed by atoms with Crippen LogP contribution in [0.4, 0.5) is 11.4 Å². The number of nitrogens with one attached hydrogen (secondary N) is 1. The minimum absolute atomic E-state index is 0. The Morgan fingerprint density at radius 3 is 2.32 bits per heavy atom. The molecule has 0 radical (unpaired) electrons. The molecule has 1 heterocycles. The van der Waals surface area contributed by atoms with Gasteiger partial charge in [-0.05, 0) is 55.1 Å². The van der Waals surface area contributed by atoms with Gasteiger partial charge in [0, 0.05) is 38.3 Å². The van der Waals surface area contributed by atoms with Crippen molar-refractivity contribution in [2.75, 3.05) is 50.1 Å². The number of halogens is 1. The summed E-state index contributed by atoms with van der Waals surface area (Å²) in [7, 11) is 1.73. The minimum Gasteiger partial charge on any atom is -0.495 e. The first kappa shape index (κ1) is 25.0. The summed E-state index contributed by atoms with van der Waals surface area (Å²) < 4.78 is 5.49. The van der Waals surface area contributed by atoms with Crippen LogP contribution in [0.1, 0.15) is 44.6 Å². The second-order valence-corrected chi connectivity index (χ2v) is 8.28. The number of piperazine rings is 1. The monoisotopic (exact) mass is 445 g/mol. The summed E-state index contributed by atoms with van der Waals surface area (Å²) in [5, 5.41) is 3.01. The molecular formula is C25H36ClN3O2. The number of methoxy groups -OCH3 is 1. The normalized spacial score (nSPS) is 14.3. The maximum absolute atomic E-state index is 12.2. The van der Waals surface area contributed by atoms with Crippen molar-refractivity contribution >= 4 is 29.7 Å². The fourth-order valence-electron chi connectivity index (χ4n) is 3.90. The Balaban J connectivity index is 0.00000341. The molecule has 1 amide bonds. The molecule has 3 rings (SSSR count). The Kier molecular flexibility index (Phi) is 10.2. The van der Waals surface area contributed by atoms with E-state index in [2.05, 4.69) is 53.2 Å². The summed E-state index contributed by atoms with van der Waals surface area (Å²) in [6, 6.07) is 16.4. The predicted molar refractivity (Wildman–Crippen MR) is 132 cm³/mol. The lowest BCUT2D eigenvalue weighted by atomic mass is 10.0. The fourth-order valence-corrected chi connectivity index (χ4v) is 3.90. The molecule has 31 heavy (non-hydrogen) atoms. The van der Waals surface area contributed by atoms with E-state index in [4.69, 9.17) is 4.74 Å². The zero-order valence-corrected chi connectivity index (χ0v) is 19.8. The van der Waals surface area contributed by atoms with Crippen molar-refractivity contribution in [3.05, 3.63) is 54.1 Å². The van der Waals surface area contributed by atoms with Gasteiger partial charge in [-0.1, -0.05) is 38.1 Å². The summed E-state index contributed by atoms with van der Waals surface area (Å²) >= 11 is 0. The summed E-state index contributed by atoms with van der Waals surface area (Å²) in [4.78, 5) is 17.1. The number of anilines is 2. The first-order valence-corrected chi connectivity index (χ1v) is 11.1. The van der Waals surface area contributed by atoms with E-state index < -0.39 is 0 Å². The number of hydrogen-bond donors (Lipinski definition) is 1. The first-order valence-electron chi connectivity index (χ1n) is 11.1. The Bertz CT molecular complexity index is 803. The SMILES string of the molecule is COc1ccccc1N1CCN(CCCCC(=O)Nc2ccc(C(C)C)cc2)CC1.Cl. The average Bonchev–Trinajstić information content (AvgIpc) is 2.77. The largest absolute Gasteiger partial charge is 0.495 e. The molecule has 170 valence electrons. The van der Waals surface area contributed by atoms with Crippen molar-refractivity contribution in [1.29, 1.82) is 0 Å². The molecule has 6 heteroatoms. The number of benzene rings is 2. The Morgan fingerprint density at radius 1 is 1.00 bits per heavy atom. The van der Waals surface area contributed by atoms with Crippen LogP contribution in [0.5, 0.6) is 5.75 Å². The number of carbonyl (C=O) groups is 1. The van der Waals surface area contributed by atoms with Gasteiger partial charge in [0.05, 0.1) is 12.8 Å². The van der Waals surface area contributed by atoms with Crippen LogP contribution in [0.15, 0.2) is 48.5 Å². The second-order valence-electron chi connectivity index (χ2n) is 8.28. The van der Waals surface area contributed by atoms with E-state index in [1.165, 1.54) is 11.3 Å². The molecule has 1 aliphatic heterocycles. The van der Waals surface area contributed by atoms with Crippen LogP contribution >= 0.6 is 12.4 Å². The standard InChI is InChI=1S/C25H35N3O2.ClH/c1-20(2)21-11-13-22(14-12-21)26-25(29)10-6-7-15-27-16-18-28(19-17-27)23-8-4-5-9-24(23)30-3;/h4-5,8-9,11-14,20H,6-7,10,15-19H2,1-3H3,(H,26,29);1H. The highest BCUT2D eigenvalue weighted by Gasteiger charge is 2.19. The molecule has 0 aromatic heterocycles. The number of nitrogens with zero attached hydrogens (tertiary/aromatic N) is 2. The van der Waals surface area contributed by atoms with Crippen molar-refractivity contribution in [2.24, 2.45) is 0 Å². The van der Waals surface area contributed by atoms with Crippen LogP contribution < -0.4 is 15.0 Å². The number of unbranched alkanes of at least 4 members (excludes halogenated alkanes) is 1. The molecule has 1 aliphatic rings. The van der Waals surface area contributed by atoms with E-state index in [9.17, 15) is 4.79 Å². The van der Waals surface area contributed by atoms with Gasteiger partial charge in [-0.25, -0.2) is 0 Å². The molecule has 1 fully saturated rings. The van der Waals surface area contributed by atoms with E-state index in [0.717, 1.165) is 57.0 Å². The predicted octanol–water partition coefficient (Wildman–Crippen LogP) is 5.17. The third kappa shape index (κ3) is 7.44.